The van der Waals surface area contributed by atoms with Crippen molar-refractivity contribution < 1.29 is 14.3 Å². The van der Waals surface area contributed by atoms with E-state index in [0.717, 1.165) is 0 Å². The van der Waals surface area contributed by atoms with Crippen molar-refractivity contribution in [3.8, 4) is 5.75 Å². The highest BCUT2D eigenvalue weighted by Crippen LogP contribution is 2.19. The molecule has 0 amide bonds. The molecule has 0 saturated heterocycles. The highest BCUT2D eigenvalue weighted by molar-refractivity contribution is 6.30. The fourth-order valence-corrected chi connectivity index (χ4v) is 1.42. The molecule has 0 aliphatic rings. The normalized spacial score (nSPS) is 11.9. The predicted octanol–water partition coefficient (Wildman–Crippen LogP) is 3.06. The van der Waals surface area contributed by atoms with Gasteiger partial charge in [0.15, 0.2) is 6.10 Å². The van der Waals surface area contributed by atoms with Gasteiger partial charge in [0.2, 0.25) is 0 Å². The summed E-state index contributed by atoms with van der Waals surface area (Å²) in [7, 11) is 0. The Morgan fingerprint density at radius 3 is 2.75 bits per heavy atom. The number of hydrogen-bond acceptors (Lipinski definition) is 3. The number of carbonyl (C=O) groups is 1. The van der Waals surface area contributed by atoms with E-state index in [1.807, 2.05) is 6.92 Å². The molecule has 1 atom stereocenters. The van der Waals surface area contributed by atoms with Crippen molar-refractivity contribution in [3.63, 3.8) is 0 Å². The fraction of sp³-hybridized carbons (Fsp3) is 0.417. The lowest BCUT2D eigenvalue weighted by molar-refractivity contribution is -0.151. The molecule has 0 radical (unpaired) electrons. The first-order valence-electron chi connectivity index (χ1n) is 5.26. The Bertz CT molecular complexity index is 352. The van der Waals surface area contributed by atoms with E-state index in [1.165, 1.54) is 0 Å². The topological polar surface area (TPSA) is 35.5 Å². The summed E-state index contributed by atoms with van der Waals surface area (Å²) < 4.78 is 10.4. The molecule has 0 spiro atoms. The number of rotatable bonds is 5. The van der Waals surface area contributed by atoms with Crippen LogP contribution in [-0.4, -0.2) is 18.7 Å². The van der Waals surface area contributed by atoms with E-state index in [2.05, 4.69) is 0 Å². The molecule has 3 nitrogen and oxygen atoms in total. The van der Waals surface area contributed by atoms with Gasteiger partial charge < -0.3 is 9.47 Å². The molecule has 1 unspecified atom stereocenters. The predicted molar refractivity (Wildman–Crippen MR) is 62.8 cm³/mol. The van der Waals surface area contributed by atoms with Crippen LogP contribution in [0.2, 0.25) is 5.02 Å². The number of carbonyl (C=O) groups excluding carboxylic acids is 1. The molecule has 0 N–H and O–H groups in total. The number of hydrogen-bond donors (Lipinski definition) is 0. The molecular weight excluding hydrogens is 228 g/mol. The Balaban J connectivity index is 2.66. The Kier molecular flexibility index (Phi) is 5.12. The van der Waals surface area contributed by atoms with Crippen LogP contribution in [0, 0.1) is 0 Å². The lowest BCUT2D eigenvalue weighted by Crippen LogP contribution is -2.28. The molecule has 4 heteroatoms. The monoisotopic (exact) mass is 242 g/mol. The summed E-state index contributed by atoms with van der Waals surface area (Å²) in [5.74, 6) is 0.234. The van der Waals surface area contributed by atoms with E-state index >= 15 is 0 Å². The van der Waals surface area contributed by atoms with E-state index in [4.69, 9.17) is 21.1 Å². The van der Waals surface area contributed by atoms with Crippen molar-refractivity contribution in [3.05, 3.63) is 29.3 Å². The molecule has 1 aromatic carbocycles. The largest absolute Gasteiger partial charge is 0.479 e. The summed E-state index contributed by atoms with van der Waals surface area (Å²) in [6.07, 6.45) is -0.0101. The van der Waals surface area contributed by atoms with Gasteiger partial charge >= 0.3 is 5.97 Å². The second-order valence-electron chi connectivity index (χ2n) is 3.22. The van der Waals surface area contributed by atoms with Gasteiger partial charge in [0, 0.05) is 5.02 Å². The number of esters is 1. The Labute approximate surface area is 100 Å². The third kappa shape index (κ3) is 3.74. The number of halogens is 1. The van der Waals surface area contributed by atoms with Crippen LogP contribution in [0.25, 0.3) is 0 Å². The first kappa shape index (κ1) is 12.8. The summed E-state index contributed by atoms with van der Waals surface area (Å²) in [4.78, 5) is 11.5. The van der Waals surface area contributed by atoms with Crippen LogP contribution in [0.4, 0.5) is 0 Å². The summed E-state index contributed by atoms with van der Waals surface area (Å²) >= 11 is 5.82. The molecule has 0 aliphatic heterocycles. The van der Waals surface area contributed by atoms with Crippen molar-refractivity contribution in [1.29, 1.82) is 0 Å². The molecule has 0 fully saturated rings. The van der Waals surface area contributed by atoms with Gasteiger partial charge in [-0.25, -0.2) is 4.79 Å². The Morgan fingerprint density at radius 2 is 2.19 bits per heavy atom. The third-order valence-electron chi connectivity index (χ3n) is 1.99. The van der Waals surface area contributed by atoms with Crippen LogP contribution < -0.4 is 4.74 Å². The smallest absolute Gasteiger partial charge is 0.347 e. The van der Waals surface area contributed by atoms with Crippen molar-refractivity contribution in [2.45, 2.75) is 26.4 Å². The fourth-order valence-electron chi connectivity index (χ4n) is 1.24. The number of ether oxygens (including phenoxy) is 2. The van der Waals surface area contributed by atoms with Gasteiger partial charge in [0.1, 0.15) is 5.75 Å². The zero-order chi connectivity index (χ0) is 12.0. The van der Waals surface area contributed by atoms with Crippen LogP contribution in [0.15, 0.2) is 24.3 Å². The summed E-state index contributed by atoms with van der Waals surface area (Å²) in [5.41, 5.74) is 0. The maximum absolute atomic E-state index is 11.5. The summed E-state index contributed by atoms with van der Waals surface area (Å²) in [6, 6.07) is 6.95. The van der Waals surface area contributed by atoms with Crippen LogP contribution in [-0.2, 0) is 9.53 Å². The molecule has 1 rings (SSSR count). The number of benzene rings is 1. The lowest BCUT2D eigenvalue weighted by Gasteiger charge is -2.15. The minimum absolute atomic E-state index is 0.343. The maximum atomic E-state index is 11.5. The quantitative estimate of drug-likeness (QED) is 0.745. The summed E-state index contributed by atoms with van der Waals surface area (Å²) in [5, 5.41) is 0.580. The van der Waals surface area contributed by atoms with E-state index in [9.17, 15) is 4.79 Å². The summed E-state index contributed by atoms with van der Waals surface area (Å²) in [6.45, 7) is 3.99. The average Bonchev–Trinajstić information content (AvgIpc) is 2.26. The first-order chi connectivity index (χ1) is 7.67. The van der Waals surface area contributed by atoms with E-state index in [0.29, 0.717) is 23.8 Å². The molecule has 0 aliphatic carbocycles. The second kappa shape index (κ2) is 6.38. The van der Waals surface area contributed by atoms with Gasteiger partial charge in [-0.2, -0.15) is 0 Å². The Morgan fingerprint density at radius 1 is 1.44 bits per heavy atom. The molecule has 0 saturated carbocycles. The standard InChI is InChI=1S/C12H15ClO3/c1-3-11(12(14)15-4-2)16-10-7-5-6-9(13)8-10/h5-8,11H,3-4H2,1-2H3. The van der Waals surface area contributed by atoms with E-state index in [1.54, 1.807) is 31.2 Å². The molecule has 0 aromatic heterocycles. The molecule has 16 heavy (non-hydrogen) atoms. The van der Waals surface area contributed by atoms with Crippen molar-refractivity contribution in [2.24, 2.45) is 0 Å². The lowest BCUT2D eigenvalue weighted by atomic mass is 10.2. The molecular formula is C12H15ClO3. The molecule has 88 valence electrons. The van der Waals surface area contributed by atoms with Crippen molar-refractivity contribution in [1.82, 2.24) is 0 Å². The average molecular weight is 243 g/mol. The molecule has 0 bridgehead atoms. The van der Waals surface area contributed by atoms with Gasteiger partial charge in [0.25, 0.3) is 0 Å². The van der Waals surface area contributed by atoms with E-state index in [-0.39, 0.29) is 5.97 Å². The SMILES string of the molecule is CCOC(=O)C(CC)Oc1cccc(Cl)c1. The van der Waals surface area contributed by atoms with Crippen LogP contribution in [0.1, 0.15) is 20.3 Å². The minimum atomic E-state index is -0.571. The highest BCUT2D eigenvalue weighted by Gasteiger charge is 2.19. The molecule has 1 aromatic rings. The second-order valence-corrected chi connectivity index (χ2v) is 3.66. The van der Waals surface area contributed by atoms with Gasteiger partial charge in [-0.15, -0.1) is 0 Å². The zero-order valence-electron chi connectivity index (χ0n) is 9.40. The van der Waals surface area contributed by atoms with Gasteiger partial charge in [0.05, 0.1) is 6.61 Å². The highest BCUT2D eigenvalue weighted by atomic mass is 35.5. The molecule has 0 heterocycles. The first-order valence-corrected chi connectivity index (χ1v) is 5.64. The van der Waals surface area contributed by atoms with Gasteiger partial charge in [-0.3, -0.25) is 0 Å². The van der Waals surface area contributed by atoms with Crippen LogP contribution in [0.3, 0.4) is 0 Å². The Hall–Kier alpha value is -1.22. The van der Waals surface area contributed by atoms with Crippen LogP contribution in [0.5, 0.6) is 5.75 Å². The maximum Gasteiger partial charge on any atom is 0.347 e. The van der Waals surface area contributed by atoms with Gasteiger partial charge in [-0.1, -0.05) is 24.6 Å². The minimum Gasteiger partial charge on any atom is -0.479 e. The third-order valence-corrected chi connectivity index (χ3v) is 2.23. The van der Waals surface area contributed by atoms with Gasteiger partial charge in [-0.05, 0) is 31.5 Å². The van der Waals surface area contributed by atoms with Crippen molar-refractivity contribution in [2.75, 3.05) is 6.61 Å². The van der Waals surface area contributed by atoms with E-state index < -0.39 is 6.10 Å². The van der Waals surface area contributed by atoms with Crippen LogP contribution >= 0.6 is 11.6 Å². The zero-order valence-corrected chi connectivity index (χ0v) is 10.2. The van der Waals surface area contributed by atoms with Crippen molar-refractivity contribution >= 4 is 17.6 Å².